The number of nitrogens with zero attached hydrogens (tertiary/aromatic N) is 5. The lowest BCUT2D eigenvalue weighted by atomic mass is 9.94. The van der Waals surface area contributed by atoms with Crippen LogP contribution in [0.5, 0.6) is 0 Å². The molecule has 0 bridgehead atoms. The molecule has 0 radical (unpaired) electrons. The van der Waals surface area contributed by atoms with Gasteiger partial charge in [-0.1, -0.05) is 13.8 Å². The molecule has 1 saturated heterocycles. The molecule has 1 aliphatic rings. The van der Waals surface area contributed by atoms with Gasteiger partial charge in [0, 0.05) is 50.7 Å². The second-order valence-electron chi connectivity index (χ2n) is 6.81. The molecule has 1 fully saturated rings. The van der Waals surface area contributed by atoms with Crippen LogP contribution < -0.4 is 10.2 Å². The van der Waals surface area contributed by atoms with Crippen LogP contribution >= 0.6 is 0 Å². The van der Waals surface area contributed by atoms with E-state index in [4.69, 9.17) is 0 Å². The van der Waals surface area contributed by atoms with Crippen LogP contribution in [0.2, 0.25) is 0 Å². The molecule has 0 aromatic carbocycles. The summed E-state index contributed by atoms with van der Waals surface area (Å²) in [6, 6.07) is 2.01. The first kappa shape index (κ1) is 18.9. The average Bonchev–Trinajstić information content (AvgIpc) is 2.71. The lowest BCUT2D eigenvalue weighted by molar-refractivity contribution is 0.0597. The number of fused-ring (bicyclic) bond motifs is 1. The van der Waals surface area contributed by atoms with Crippen molar-refractivity contribution in [1.82, 2.24) is 25.2 Å². The van der Waals surface area contributed by atoms with E-state index >= 15 is 0 Å². The Hall–Kier alpha value is -1.83. The fourth-order valence-electron chi connectivity index (χ4n) is 3.65. The maximum absolute atomic E-state index is 10.5. The molecule has 0 amide bonds. The topological polar surface area (TPSA) is 77.4 Å². The number of aromatic nitrogens is 3. The molecule has 7 heteroatoms. The molecule has 0 saturated carbocycles. The third-order valence-corrected chi connectivity index (χ3v) is 5.35. The Bertz CT molecular complexity index is 679. The molecule has 142 valence electrons. The van der Waals surface area contributed by atoms with E-state index in [0.717, 1.165) is 63.3 Å². The number of pyridine rings is 1. The van der Waals surface area contributed by atoms with E-state index in [9.17, 15) is 5.11 Å². The molecule has 2 N–H and O–H groups in total. The number of aliphatic hydroxyl groups is 1. The average molecular weight is 358 g/mol. The summed E-state index contributed by atoms with van der Waals surface area (Å²) in [4.78, 5) is 17.7. The highest BCUT2D eigenvalue weighted by atomic mass is 16.3. The molecule has 1 unspecified atom stereocenters. The second kappa shape index (κ2) is 9.21. The zero-order valence-electron chi connectivity index (χ0n) is 15.8. The van der Waals surface area contributed by atoms with E-state index < -0.39 is 6.23 Å². The molecule has 2 aromatic heterocycles. The Kier molecular flexibility index (Phi) is 6.71. The van der Waals surface area contributed by atoms with Gasteiger partial charge in [-0.25, -0.2) is 15.0 Å². The van der Waals surface area contributed by atoms with Crippen molar-refractivity contribution in [2.75, 3.05) is 44.2 Å². The number of hydrogen-bond donors (Lipinski definition) is 2. The number of nitrogens with one attached hydrogen (secondary N) is 1. The van der Waals surface area contributed by atoms with Crippen molar-refractivity contribution >= 4 is 16.9 Å². The quantitative estimate of drug-likeness (QED) is 0.692. The van der Waals surface area contributed by atoms with E-state index in [1.807, 2.05) is 6.07 Å². The number of hydrogen-bond acceptors (Lipinski definition) is 7. The molecule has 0 aliphatic carbocycles. The fraction of sp³-hybridized carbons (Fsp3) is 0.632. The first-order valence-corrected chi connectivity index (χ1v) is 9.67. The van der Waals surface area contributed by atoms with Crippen LogP contribution in [0.1, 0.15) is 26.7 Å². The predicted molar refractivity (Wildman–Crippen MR) is 104 cm³/mol. The molecule has 3 rings (SSSR count). The normalized spacial score (nSPS) is 17.2. The SMILES string of the molecule is CCN(CC)CCNC(O)C1CCN(c2ccnc3nccnc23)CC1. The lowest BCUT2D eigenvalue weighted by Crippen LogP contribution is -2.45. The van der Waals surface area contributed by atoms with E-state index in [2.05, 4.69) is 43.9 Å². The molecular formula is C19H30N6O. The summed E-state index contributed by atoms with van der Waals surface area (Å²) in [5, 5.41) is 13.8. The van der Waals surface area contributed by atoms with Crippen LogP contribution in [-0.4, -0.2) is 70.5 Å². The first-order valence-electron chi connectivity index (χ1n) is 9.67. The highest BCUT2D eigenvalue weighted by Gasteiger charge is 2.26. The first-order chi connectivity index (χ1) is 12.7. The molecule has 2 aromatic rings. The predicted octanol–water partition coefficient (Wildman–Crippen LogP) is 1.49. The summed E-state index contributed by atoms with van der Waals surface area (Å²) < 4.78 is 0. The van der Waals surface area contributed by atoms with Gasteiger partial charge in [-0.3, -0.25) is 5.32 Å². The van der Waals surface area contributed by atoms with Crippen molar-refractivity contribution in [1.29, 1.82) is 0 Å². The minimum absolute atomic E-state index is 0.294. The summed E-state index contributed by atoms with van der Waals surface area (Å²) in [6.45, 7) is 10.1. The largest absolute Gasteiger partial charge is 0.378 e. The Morgan fingerprint density at radius 3 is 2.58 bits per heavy atom. The van der Waals surface area contributed by atoms with Crippen LogP contribution in [0.25, 0.3) is 11.2 Å². The molecule has 1 atom stereocenters. The number of piperidine rings is 1. The van der Waals surface area contributed by atoms with E-state index in [0.29, 0.717) is 11.6 Å². The second-order valence-corrected chi connectivity index (χ2v) is 6.81. The number of likely N-dealkylation sites (N-methyl/N-ethyl adjacent to an activating group) is 1. The van der Waals surface area contributed by atoms with Crippen molar-refractivity contribution in [2.45, 2.75) is 32.9 Å². The zero-order valence-corrected chi connectivity index (χ0v) is 15.8. The van der Waals surface area contributed by atoms with Gasteiger partial charge in [0.05, 0.1) is 5.69 Å². The Labute approximate surface area is 155 Å². The summed E-state index contributed by atoms with van der Waals surface area (Å²) in [5.41, 5.74) is 2.63. The smallest absolute Gasteiger partial charge is 0.180 e. The fourth-order valence-corrected chi connectivity index (χ4v) is 3.65. The Morgan fingerprint density at radius 1 is 1.15 bits per heavy atom. The Balaban J connectivity index is 1.52. The van der Waals surface area contributed by atoms with E-state index in [-0.39, 0.29) is 0 Å². The van der Waals surface area contributed by atoms with Gasteiger partial charge in [-0.2, -0.15) is 0 Å². The van der Waals surface area contributed by atoms with Gasteiger partial charge in [-0.15, -0.1) is 0 Å². The minimum Gasteiger partial charge on any atom is -0.378 e. The van der Waals surface area contributed by atoms with Gasteiger partial charge >= 0.3 is 0 Å². The third kappa shape index (κ3) is 4.47. The maximum Gasteiger partial charge on any atom is 0.180 e. The van der Waals surface area contributed by atoms with Crippen molar-refractivity contribution in [2.24, 2.45) is 5.92 Å². The van der Waals surface area contributed by atoms with Crippen LogP contribution in [0.15, 0.2) is 24.7 Å². The van der Waals surface area contributed by atoms with Gasteiger partial charge in [0.1, 0.15) is 11.7 Å². The van der Waals surface area contributed by atoms with Crippen molar-refractivity contribution in [3.8, 4) is 0 Å². The van der Waals surface area contributed by atoms with Crippen LogP contribution in [0.4, 0.5) is 5.69 Å². The monoisotopic (exact) mass is 358 g/mol. The van der Waals surface area contributed by atoms with Crippen molar-refractivity contribution in [3.05, 3.63) is 24.7 Å². The zero-order chi connectivity index (χ0) is 18.4. The highest BCUT2D eigenvalue weighted by molar-refractivity contribution is 5.84. The van der Waals surface area contributed by atoms with E-state index in [1.165, 1.54) is 0 Å². The molecule has 3 heterocycles. The minimum atomic E-state index is -0.429. The summed E-state index contributed by atoms with van der Waals surface area (Å²) >= 11 is 0. The van der Waals surface area contributed by atoms with Crippen molar-refractivity contribution < 1.29 is 5.11 Å². The van der Waals surface area contributed by atoms with Gasteiger partial charge in [0.15, 0.2) is 5.65 Å². The van der Waals surface area contributed by atoms with Crippen LogP contribution in [-0.2, 0) is 0 Å². The molecule has 26 heavy (non-hydrogen) atoms. The van der Waals surface area contributed by atoms with Gasteiger partial charge < -0.3 is 14.9 Å². The van der Waals surface area contributed by atoms with E-state index in [1.54, 1.807) is 18.6 Å². The summed E-state index contributed by atoms with van der Waals surface area (Å²) in [7, 11) is 0. The molecule has 1 aliphatic heterocycles. The molecule has 0 spiro atoms. The standard InChI is InChI=1S/C19H30N6O/c1-3-24(4-2)14-11-23-19(26)15-6-12-25(13-7-15)16-5-8-21-18-17(16)20-9-10-22-18/h5,8-10,15,19,23,26H,3-4,6-7,11-14H2,1-2H3. The maximum atomic E-state index is 10.5. The van der Waals surface area contributed by atoms with Gasteiger partial charge in [0.25, 0.3) is 0 Å². The summed E-state index contributed by atoms with van der Waals surface area (Å²) in [5.74, 6) is 0.294. The van der Waals surface area contributed by atoms with Crippen LogP contribution in [0.3, 0.4) is 0 Å². The number of anilines is 1. The van der Waals surface area contributed by atoms with Crippen molar-refractivity contribution in [3.63, 3.8) is 0 Å². The lowest BCUT2D eigenvalue weighted by Gasteiger charge is -2.36. The highest BCUT2D eigenvalue weighted by Crippen LogP contribution is 2.28. The van der Waals surface area contributed by atoms with Gasteiger partial charge in [0.2, 0.25) is 0 Å². The summed E-state index contributed by atoms with van der Waals surface area (Å²) in [6.07, 6.45) is 6.67. The van der Waals surface area contributed by atoms with Gasteiger partial charge in [-0.05, 0) is 32.0 Å². The number of rotatable bonds is 8. The van der Waals surface area contributed by atoms with Crippen LogP contribution in [0, 0.1) is 5.92 Å². The number of aliphatic hydroxyl groups excluding tert-OH is 1. The molecular weight excluding hydrogens is 328 g/mol. The molecule has 7 nitrogen and oxygen atoms in total. The third-order valence-electron chi connectivity index (χ3n) is 5.35. The Morgan fingerprint density at radius 2 is 1.85 bits per heavy atom.